The molecule has 3 rings (SSSR count). The first-order chi connectivity index (χ1) is 11.3. The number of rotatable bonds is 4. The highest BCUT2D eigenvalue weighted by Gasteiger charge is 2.56. The molecule has 0 saturated carbocycles. The van der Waals surface area contributed by atoms with Gasteiger partial charge in [0.2, 0.25) is 0 Å². The van der Waals surface area contributed by atoms with Gasteiger partial charge in [-0.05, 0) is 36.7 Å². The van der Waals surface area contributed by atoms with Crippen molar-refractivity contribution in [1.29, 1.82) is 0 Å². The van der Waals surface area contributed by atoms with E-state index < -0.39 is 36.3 Å². The topological polar surface area (TPSA) is 118 Å². The Morgan fingerprint density at radius 1 is 1.46 bits per heavy atom. The van der Waals surface area contributed by atoms with E-state index >= 15 is 0 Å². The number of nitrogens with two attached hydrogens (primary N) is 1. The Labute approximate surface area is 147 Å². The maximum absolute atomic E-state index is 12.0. The number of aromatic nitrogens is 2. The standard InChI is InChI=1S/C14H20BrN3O6/c1-4-21-12(20)7-10(16)18(13(15)17-7)11-9-8(6(5-19)22-11)23-14(2,3)24-9/h6,8-9,11,19H,4-5,16H2,1-3H3/t6-,8-,9-,11?/m1/s1. The van der Waals surface area contributed by atoms with E-state index in [1.807, 2.05) is 0 Å². The van der Waals surface area contributed by atoms with E-state index in [-0.39, 0.29) is 24.7 Å². The zero-order chi connectivity index (χ0) is 17.6. The summed E-state index contributed by atoms with van der Waals surface area (Å²) in [6.45, 7) is 5.25. The van der Waals surface area contributed by atoms with Crippen LogP contribution in [0.25, 0.3) is 0 Å². The van der Waals surface area contributed by atoms with E-state index in [9.17, 15) is 9.90 Å². The van der Waals surface area contributed by atoms with E-state index in [1.54, 1.807) is 20.8 Å². The molecule has 3 heterocycles. The molecule has 134 valence electrons. The van der Waals surface area contributed by atoms with Gasteiger partial charge in [0.15, 0.2) is 22.4 Å². The van der Waals surface area contributed by atoms with E-state index in [0.29, 0.717) is 4.73 Å². The first-order valence-electron chi connectivity index (χ1n) is 7.61. The highest BCUT2D eigenvalue weighted by Crippen LogP contribution is 2.44. The molecule has 0 bridgehead atoms. The summed E-state index contributed by atoms with van der Waals surface area (Å²) in [6, 6.07) is 0. The van der Waals surface area contributed by atoms with Crippen LogP contribution in [0.15, 0.2) is 4.73 Å². The van der Waals surface area contributed by atoms with Gasteiger partial charge in [0.1, 0.15) is 24.1 Å². The average Bonchev–Trinajstić information content (AvgIpc) is 3.08. The lowest BCUT2D eigenvalue weighted by molar-refractivity contribution is -0.200. The number of aliphatic hydroxyl groups excluding tert-OH is 1. The highest BCUT2D eigenvalue weighted by atomic mass is 79.9. The van der Waals surface area contributed by atoms with E-state index in [2.05, 4.69) is 20.9 Å². The van der Waals surface area contributed by atoms with Crippen molar-refractivity contribution in [2.24, 2.45) is 0 Å². The molecule has 0 amide bonds. The van der Waals surface area contributed by atoms with Crippen LogP contribution in [0.3, 0.4) is 0 Å². The second-order valence-corrected chi connectivity index (χ2v) is 6.73. The van der Waals surface area contributed by atoms with Gasteiger partial charge in [-0.2, -0.15) is 0 Å². The van der Waals surface area contributed by atoms with Crippen LogP contribution >= 0.6 is 15.9 Å². The Kier molecular flexibility index (Phi) is 4.60. The lowest BCUT2D eigenvalue weighted by atomic mass is 10.1. The molecule has 24 heavy (non-hydrogen) atoms. The van der Waals surface area contributed by atoms with Crippen LogP contribution in [-0.4, -0.2) is 57.9 Å². The van der Waals surface area contributed by atoms with Crippen LogP contribution in [-0.2, 0) is 18.9 Å². The van der Waals surface area contributed by atoms with Crippen LogP contribution in [0.5, 0.6) is 0 Å². The second-order valence-electron chi connectivity index (χ2n) is 6.02. The molecule has 0 spiro atoms. The predicted molar refractivity (Wildman–Crippen MR) is 85.1 cm³/mol. The Morgan fingerprint density at radius 3 is 2.75 bits per heavy atom. The van der Waals surface area contributed by atoms with Crippen LogP contribution in [0.1, 0.15) is 37.5 Å². The average molecular weight is 406 g/mol. The molecule has 9 nitrogen and oxygen atoms in total. The molecule has 1 aromatic heterocycles. The fourth-order valence-electron chi connectivity index (χ4n) is 3.02. The van der Waals surface area contributed by atoms with E-state index in [1.165, 1.54) is 4.57 Å². The number of anilines is 1. The summed E-state index contributed by atoms with van der Waals surface area (Å²) in [6.07, 6.45) is -2.21. The van der Waals surface area contributed by atoms with Gasteiger partial charge in [-0.25, -0.2) is 9.78 Å². The minimum atomic E-state index is -0.809. The summed E-state index contributed by atoms with van der Waals surface area (Å²) < 4.78 is 24.3. The number of fused-ring (bicyclic) bond motifs is 1. The van der Waals surface area contributed by atoms with Crippen molar-refractivity contribution in [3.63, 3.8) is 0 Å². The van der Waals surface area contributed by atoms with Crippen molar-refractivity contribution in [2.45, 2.75) is 51.1 Å². The normalized spacial score (nSPS) is 31.2. The molecule has 1 unspecified atom stereocenters. The number of aliphatic hydroxyl groups is 1. The zero-order valence-corrected chi connectivity index (χ0v) is 15.1. The molecular formula is C14H20BrN3O6. The van der Waals surface area contributed by atoms with Crippen LogP contribution in [0, 0.1) is 0 Å². The monoisotopic (exact) mass is 405 g/mol. The molecule has 10 heteroatoms. The van der Waals surface area contributed by atoms with Crippen molar-refractivity contribution < 1.29 is 28.8 Å². The lowest BCUT2D eigenvalue weighted by Crippen LogP contribution is -2.31. The number of hydrogen-bond acceptors (Lipinski definition) is 8. The molecule has 4 atom stereocenters. The molecule has 0 aromatic carbocycles. The van der Waals surface area contributed by atoms with Gasteiger partial charge in [-0.15, -0.1) is 0 Å². The lowest BCUT2D eigenvalue weighted by Gasteiger charge is -2.25. The maximum atomic E-state index is 12.0. The number of nitrogens with zero attached hydrogens (tertiary/aromatic N) is 2. The van der Waals surface area contributed by atoms with Gasteiger partial charge >= 0.3 is 5.97 Å². The number of carbonyl (C=O) groups excluding carboxylic acids is 1. The van der Waals surface area contributed by atoms with Gasteiger partial charge in [-0.3, -0.25) is 4.57 Å². The second kappa shape index (κ2) is 6.26. The number of hydrogen-bond donors (Lipinski definition) is 2. The maximum Gasteiger partial charge on any atom is 0.360 e. The molecule has 2 aliphatic heterocycles. The SMILES string of the molecule is CCOC(=O)c1nc(Br)n(C2O[C@H](CO)[C@H]3OC(C)(C)O[C@@H]23)c1N. The first kappa shape index (κ1) is 17.6. The van der Waals surface area contributed by atoms with Crippen molar-refractivity contribution >= 4 is 27.7 Å². The molecular weight excluding hydrogens is 386 g/mol. The van der Waals surface area contributed by atoms with Crippen LogP contribution < -0.4 is 5.73 Å². The van der Waals surface area contributed by atoms with E-state index in [4.69, 9.17) is 24.7 Å². The third kappa shape index (κ3) is 2.82. The van der Waals surface area contributed by atoms with Gasteiger partial charge in [0.05, 0.1) is 13.2 Å². The minimum Gasteiger partial charge on any atom is -0.461 e. The fourth-order valence-corrected chi connectivity index (χ4v) is 3.59. The summed E-state index contributed by atoms with van der Waals surface area (Å²) in [5, 5.41) is 9.55. The number of imidazole rings is 1. The first-order valence-corrected chi connectivity index (χ1v) is 8.40. The minimum absolute atomic E-state index is 0.00509. The number of halogens is 1. The molecule has 2 saturated heterocycles. The fraction of sp³-hybridized carbons (Fsp3) is 0.714. The zero-order valence-electron chi connectivity index (χ0n) is 13.6. The quantitative estimate of drug-likeness (QED) is 0.706. The smallest absolute Gasteiger partial charge is 0.360 e. The van der Waals surface area contributed by atoms with Gasteiger partial charge in [0.25, 0.3) is 0 Å². The largest absolute Gasteiger partial charge is 0.461 e. The molecule has 1 aromatic rings. The Balaban J connectivity index is 1.96. The predicted octanol–water partition coefficient (Wildman–Crippen LogP) is 0.814. The third-order valence-corrected chi connectivity index (χ3v) is 4.49. The molecule has 3 N–H and O–H groups in total. The number of nitrogen functional groups attached to an aromatic ring is 1. The van der Waals surface area contributed by atoms with Crippen LogP contribution in [0.2, 0.25) is 0 Å². The van der Waals surface area contributed by atoms with Crippen molar-refractivity contribution in [2.75, 3.05) is 18.9 Å². The number of esters is 1. The van der Waals surface area contributed by atoms with E-state index in [0.717, 1.165) is 0 Å². The number of carbonyl (C=O) groups is 1. The Hall–Kier alpha value is -1.20. The Morgan fingerprint density at radius 2 is 2.12 bits per heavy atom. The molecule has 2 aliphatic rings. The summed E-state index contributed by atoms with van der Waals surface area (Å²) in [5.74, 6) is -1.33. The van der Waals surface area contributed by atoms with Crippen molar-refractivity contribution in [1.82, 2.24) is 9.55 Å². The van der Waals surface area contributed by atoms with Crippen molar-refractivity contribution in [3.8, 4) is 0 Å². The van der Waals surface area contributed by atoms with Gasteiger partial charge in [-0.1, -0.05) is 0 Å². The third-order valence-electron chi connectivity index (χ3n) is 3.93. The summed E-state index contributed by atoms with van der Waals surface area (Å²) in [4.78, 5) is 16.1. The van der Waals surface area contributed by atoms with Crippen LogP contribution in [0.4, 0.5) is 5.82 Å². The summed E-state index contributed by atoms with van der Waals surface area (Å²) in [5.41, 5.74) is 6.08. The van der Waals surface area contributed by atoms with Gasteiger partial charge in [0, 0.05) is 0 Å². The van der Waals surface area contributed by atoms with Gasteiger partial charge < -0.3 is 29.8 Å². The summed E-state index contributed by atoms with van der Waals surface area (Å²) in [7, 11) is 0. The molecule has 0 aliphatic carbocycles. The number of ether oxygens (including phenoxy) is 4. The molecule has 0 radical (unpaired) electrons. The molecule has 2 fully saturated rings. The van der Waals surface area contributed by atoms with Crippen molar-refractivity contribution in [3.05, 3.63) is 10.4 Å². The summed E-state index contributed by atoms with van der Waals surface area (Å²) >= 11 is 3.29. The Bertz CT molecular complexity index is 649. The highest BCUT2D eigenvalue weighted by molar-refractivity contribution is 9.10.